The molecule has 2 aliphatic rings. The van der Waals surface area contributed by atoms with E-state index in [2.05, 4.69) is 29.4 Å². The van der Waals surface area contributed by atoms with Crippen molar-refractivity contribution in [2.45, 2.75) is 26.3 Å². The number of carbonyl (C=O) groups excluding carboxylic acids is 2. The molecule has 1 aliphatic heterocycles. The summed E-state index contributed by atoms with van der Waals surface area (Å²) in [6, 6.07) is 15.2. The molecule has 2 amide bonds. The minimum atomic E-state index is -0.140. The predicted octanol–water partition coefficient (Wildman–Crippen LogP) is 4.33. The average Bonchev–Trinajstić information content (AvgIpc) is 3.33. The van der Waals surface area contributed by atoms with E-state index in [0.29, 0.717) is 35.4 Å². The number of piperidine rings is 1. The first kappa shape index (κ1) is 21.6. The summed E-state index contributed by atoms with van der Waals surface area (Å²) in [7, 11) is 1.60. The number of nitrogens with one attached hydrogen (secondary N) is 1. The average molecular weight is 462 g/mol. The molecule has 1 aromatic heterocycles. The molecule has 1 saturated carbocycles. The van der Waals surface area contributed by atoms with Gasteiger partial charge in [-0.2, -0.15) is 0 Å². The maximum atomic E-state index is 13.6. The van der Waals surface area contributed by atoms with Crippen molar-refractivity contribution in [3.8, 4) is 16.2 Å². The van der Waals surface area contributed by atoms with Gasteiger partial charge in [-0.25, -0.2) is 4.98 Å². The molecule has 7 heteroatoms. The zero-order valence-electron chi connectivity index (χ0n) is 19.0. The van der Waals surface area contributed by atoms with E-state index in [-0.39, 0.29) is 17.9 Å². The Morgan fingerprint density at radius 3 is 2.70 bits per heavy atom. The second kappa shape index (κ2) is 8.63. The summed E-state index contributed by atoms with van der Waals surface area (Å²) in [5, 5.41) is 3.92. The Morgan fingerprint density at radius 1 is 1.18 bits per heavy atom. The normalized spacial score (nSPS) is 20.9. The second-order valence-electron chi connectivity index (χ2n) is 8.90. The summed E-state index contributed by atoms with van der Waals surface area (Å²) in [6.45, 7) is 5.17. The minimum absolute atomic E-state index is 0.00272. The molecule has 2 aromatic carbocycles. The van der Waals surface area contributed by atoms with E-state index in [4.69, 9.17) is 4.74 Å². The van der Waals surface area contributed by atoms with Gasteiger partial charge in [0.1, 0.15) is 11.4 Å². The molecule has 0 radical (unpaired) electrons. The molecule has 6 nitrogen and oxygen atoms in total. The number of likely N-dealkylation sites (tertiary alicyclic amines) is 1. The number of carbonyl (C=O) groups is 2. The van der Waals surface area contributed by atoms with E-state index in [1.54, 1.807) is 42.7 Å². The molecule has 5 rings (SSSR count). The Balaban J connectivity index is 1.33. The smallest absolute Gasteiger partial charge is 0.274 e. The van der Waals surface area contributed by atoms with Crippen LogP contribution in [0, 0.1) is 25.7 Å². The van der Waals surface area contributed by atoms with Crippen LogP contribution in [-0.2, 0) is 0 Å². The summed E-state index contributed by atoms with van der Waals surface area (Å²) in [5.41, 5.74) is 3.28. The summed E-state index contributed by atoms with van der Waals surface area (Å²) >= 11 is 1.56. The highest BCUT2D eigenvalue weighted by atomic mass is 32.1. The van der Waals surface area contributed by atoms with Crippen molar-refractivity contribution in [3.63, 3.8) is 0 Å². The number of benzene rings is 2. The number of nitrogens with zero attached hydrogens (tertiary/aromatic N) is 2. The Hall–Kier alpha value is -3.19. The number of aromatic nitrogens is 1. The molecule has 1 aliphatic carbocycles. The molecule has 170 valence electrons. The summed E-state index contributed by atoms with van der Waals surface area (Å²) in [4.78, 5) is 33.8. The highest BCUT2D eigenvalue weighted by Gasteiger charge is 2.54. The lowest BCUT2D eigenvalue weighted by Gasteiger charge is -2.27. The third-order valence-corrected chi connectivity index (χ3v) is 7.62. The largest absolute Gasteiger partial charge is 0.497 e. The van der Waals surface area contributed by atoms with Gasteiger partial charge in [0.25, 0.3) is 11.8 Å². The predicted molar refractivity (Wildman–Crippen MR) is 129 cm³/mol. The molecule has 0 unspecified atom stereocenters. The fraction of sp³-hybridized carbons (Fsp3) is 0.346. The summed E-state index contributed by atoms with van der Waals surface area (Å²) < 4.78 is 5.16. The fourth-order valence-electron chi connectivity index (χ4n) is 4.80. The standard InChI is InChI=1S/C26H27N3O3S/c1-15-5-4-6-18(11-15)24-23(28-16(2)33-24)26(31)29-14-19-12-21(19)22(29)13-27-25(30)17-7-9-20(32-3)10-8-17/h4-11,19,21-22H,12-14H2,1-3H3,(H,27,30)/t19-,21-,22-/m1/s1. The number of hydrogen-bond acceptors (Lipinski definition) is 5. The molecule has 2 fully saturated rings. The monoisotopic (exact) mass is 461 g/mol. The fourth-order valence-corrected chi connectivity index (χ4v) is 5.70. The van der Waals surface area contributed by atoms with Crippen LogP contribution in [0.15, 0.2) is 48.5 Å². The van der Waals surface area contributed by atoms with E-state index in [1.807, 2.05) is 24.0 Å². The quantitative estimate of drug-likeness (QED) is 0.593. The lowest BCUT2D eigenvalue weighted by atomic mass is 10.1. The van der Waals surface area contributed by atoms with Crippen molar-refractivity contribution in [1.82, 2.24) is 15.2 Å². The van der Waals surface area contributed by atoms with Gasteiger partial charge in [0.15, 0.2) is 0 Å². The van der Waals surface area contributed by atoms with Gasteiger partial charge in [-0.3, -0.25) is 9.59 Å². The molecule has 1 N–H and O–H groups in total. The topological polar surface area (TPSA) is 71.5 Å². The van der Waals surface area contributed by atoms with Crippen molar-refractivity contribution in [3.05, 3.63) is 70.4 Å². The first-order chi connectivity index (χ1) is 15.9. The van der Waals surface area contributed by atoms with Crippen LogP contribution in [0.1, 0.15) is 37.8 Å². The molecule has 3 atom stereocenters. The van der Waals surface area contributed by atoms with Crippen molar-refractivity contribution >= 4 is 23.2 Å². The van der Waals surface area contributed by atoms with E-state index in [0.717, 1.165) is 34.0 Å². The van der Waals surface area contributed by atoms with Crippen molar-refractivity contribution in [2.75, 3.05) is 20.2 Å². The minimum Gasteiger partial charge on any atom is -0.497 e. The van der Waals surface area contributed by atoms with E-state index in [9.17, 15) is 9.59 Å². The van der Waals surface area contributed by atoms with Gasteiger partial charge >= 0.3 is 0 Å². The zero-order chi connectivity index (χ0) is 23.1. The number of thiazole rings is 1. The van der Waals surface area contributed by atoms with Gasteiger partial charge in [-0.15, -0.1) is 11.3 Å². The Labute approximate surface area is 197 Å². The molecule has 2 heterocycles. The molecule has 0 bridgehead atoms. The van der Waals surface area contributed by atoms with Crippen molar-refractivity contribution in [1.29, 1.82) is 0 Å². The van der Waals surface area contributed by atoms with Gasteiger partial charge < -0.3 is 15.0 Å². The second-order valence-corrected chi connectivity index (χ2v) is 10.1. The van der Waals surface area contributed by atoms with Crippen LogP contribution < -0.4 is 10.1 Å². The van der Waals surface area contributed by atoms with Gasteiger partial charge in [-0.05, 0) is 61.9 Å². The Bertz CT molecular complexity index is 1200. The van der Waals surface area contributed by atoms with Crippen LogP contribution >= 0.6 is 11.3 Å². The molecule has 1 saturated heterocycles. The van der Waals surface area contributed by atoms with Gasteiger partial charge in [-0.1, -0.05) is 29.8 Å². The highest BCUT2D eigenvalue weighted by Crippen LogP contribution is 2.50. The first-order valence-electron chi connectivity index (χ1n) is 11.2. The van der Waals surface area contributed by atoms with Crippen LogP contribution in [0.2, 0.25) is 0 Å². The Morgan fingerprint density at radius 2 is 1.97 bits per heavy atom. The number of rotatable bonds is 6. The molecule has 3 aromatic rings. The van der Waals surface area contributed by atoms with Crippen LogP contribution in [0.3, 0.4) is 0 Å². The van der Waals surface area contributed by atoms with Crippen molar-refractivity contribution in [2.24, 2.45) is 11.8 Å². The highest BCUT2D eigenvalue weighted by molar-refractivity contribution is 7.15. The van der Waals surface area contributed by atoms with Gasteiger partial charge in [0, 0.05) is 18.7 Å². The van der Waals surface area contributed by atoms with Gasteiger partial charge in [0.05, 0.1) is 23.0 Å². The number of hydrogen-bond donors (Lipinski definition) is 1. The number of ether oxygens (including phenoxy) is 1. The van der Waals surface area contributed by atoms with Crippen LogP contribution in [-0.4, -0.2) is 47.9 Å². The lowest BCUT2D eigenvalue weighted by Crippen LogP contribution is -2.45. The lowest BCUT2D eigenvalue weighted by molar-refractivity contribution is 0.0690. The summed E-state index contributed by atoms with van der Waals surface area (Å²) in [6.07, 6.45) is 1.12. The first-order valence-corrected chi connectivity index (χ1v) is 12.0. The van der Waals surface area contributed by atoms with E-state index < -0.39 is 0 Å². The molecular formula is C26H27N3O3S. The van der Waals surface area contributed by atoms with Crippen LogP contribution in [0.4, 0.5) is 0 Å². The number of fused-ring (bicyclic) bond motifs is 1. The molecule has 33 heavy (non-hydrogen) atoms. The SMILES string of the molecule is COc1ccc(C(=O)NC[C@@H]2[C@@H]3C[C@@H]3CN2C(=O)c2nc(C)sc2-c2cccc(C)c2)cc1. The van der Waals surface area contributed by atoms with Crippen LogP contribution in [0.5, 0.6) is 5.75 Å². The summed E-state index contributed by atoms with van der Waals surface area (Å²) in [5.74, 6) is 1.51. The van der Waals surface area contributed by atoms with E-state index >= 15 is 0 Å². The number of methoxy groups -OCH3 is 1. The maximum Gasteiger partial charge on any atom is 0.274 e. The number of aryl methyl sites for hydroxylation is 2. The molecular weight excluding hydrogens is 434 g/mol. The maximum absolute atomic E-state index is 13.6. The third-order valence-electron chi connectivity index (χ3n) is 6.60. The number of amides is 2. The van der Waals surface area contributed by atoms with Crippen LogP contribution in [0.25, 0.3) is 10.4 Å². The van der Waals surface area contributed by atoms with Crippen molar-refractivity contribution < 1.29 is 14.3 Å². The Kier molecular flexibility index (Phi) is 5.66. The third kappa shape index (κ3) is 4.25. The molecule has 0 spiro atoms. The zero-order valence-corrected chi connectivity index (χ0v) is 19.8. The van der Waals surface area contributed by atoms with Gasteiger partial charge in [0.2, 0.25) is 0 Å². The van der Waals surface area contributed by atoms with E-state index in [1.165, 1.54) is 0 Å².